The van der Waals surface area contributed by atoms with Crippen molar-refractivity contribution in [3.63, 3.8) is 0 Å². The van der Waals surface area contributed by atoms with E-state index in [1.54, 1.807) is 12.3 Å². The summed E-state index contributed by atoms with van der Waals surface area (Å²) in [6.45, 7) is 0. The molecule has 0 radical (unpaired) electrons. The SMILES string of the molecule is N/C(=N\O)c1ccc2cc[nH]c2n1. The molecular weight excluding hydrogens is 168 g/mol. The van der Waals surface area contributed by atoms with Gasteiger partial charge in [0.2, 0.25) is 0 Å². The second-order valence-corrected chi connectivity index (χ2v) is 2.60. The highest BCUT2D eigenvalue weighted by atomic mass is 16.4. The van der Waals surface area contributed by atoms with Crippen LogP contribution in [0.4, 0.5) is 0 Å². The van der Waals surface area contributed by atoms with Crippen LogP contribution in [-0.2, 0) is 0 Å². The Labute approximate surface area is 73.9 Å². The number of H-pyrrole nitrogens is 1. The van der Waals surface area contributed by atoms with Gasteiger partial charge in [-0.1, -0.05) is 5.16 Å². The molecular formula is C8H8N4O. The number of oxime groups is 1. The molecule has 2 aromatic rings. The van der Waals surface area contributed by atoms with Crippen molar-refractivity contribution in [2.75, 3.05) is 0 Å². The number of hydrogen-bond acceptors (Lipinski definition) is 3. The first-order valence-corrected chi connectivity index (χ1v) is 3.73. The van der Waals surface area contributed by atoms with Gasteiger partial charge in [-0.3, -0.25) is 0 Å². The monoisotopic (exact) mass is 176 g/mol. The molecule has 0 aliphatic heterocycles. The van der Waals surface area contributed by atoms with Gasteiger partial charge in [0.05, 0.1) is 0 Å². The average Bonchev–Trinajstić information content (AvgIpc) is 2.63. The zero-order valence-electron chi connectivity index (χ0n) is 6.73. The van der Waals surface area contributed by atoms with Gasteiger partial charge in [0, 0.05) is 11.6 Å². The minimum Gasteiger partial charge on any atom is -0.409 e. The third-order valence-electron chi connectivity index (χ3n) is 1.78. The Balaban J connectivity index is 2.60. The summed E-state index contributed by atoms with van der Waals surface area (Å²) in [6.07, 6.45) is 1.79. The molecule has 0 aliphatic carbocycles. The summed E-state index contributed by atoms with van der Waals surface area (Å²) >= 11 is 0. The molecule has 2 heterocycles. The Bertz CT molecular complexity index is 460. The van der Waals surface area contributed by atoms with Crippen LogP contribution in [0.5, 0.6) is 0 Å². The fraction of sp³-hybridized carbons (Fsp3) is 0. The molecule has 4 N–H and O–H groups in total. The van der Waals surface area contributed by atoms with E-state index >= 15 is 0 Å². The van der Waals surface area contributed by atoms with Crippen LogP contribution in [0, 0.1) is 0 Å². The maximum Gasteiger partial charge on any atom is 0.188 e. The lowest BCUT2D eigenvalue weighted by molar-refractivity contribution is 0.318. The minimum absolute atomic E-state index is 0.0106. The van der Waals surface area contributed by atoms with Crippen LogP contribution in [0.2, 0.25) is 0 Å². The highest BCUT2D eigenvalue weighted by molar-refractivity contribution is 5.96. The Morgan fingerprint density at radius 1 is 1.46 bits per heavy atom. The van der Waals surface area contributed by atoms with Crippen LogP contribution in [0.25, 0.3) is 11.0 Å². The van der Waals surface area contributed by atoms with Crippen LogP contribution in [0.1, 0.15) is 5.69 Å². The molecule has 0 saturated carbocycles. The molecule has 5 heteroatoms. The quantitative estimate of drug-likeness (QED) is 0.258. The smallest absolute Gasteiger partial charge is 0.188 e. The second kappa shape index (κ2) is 2.78. The molecule has 0 aliphatic rings. The predicted octanol–water partition coefficient (Wildman–Crippen LogP) is 0.657. The number of hydrogen-bond donors (Lipinski definition) is 3. The average molecular weight is 176 g/mol. The number of nitrogens with one attached hydrogen (secondary N) is 1. The van der Waals surface area contributed by atoms with E-state index in [9.17, 15) is 0 Å². The van der Waals surface area contributed by atoms with Crippen LogP contribution >= 0.6 is 0 Å². The third-order valence-corrected chi connectivity index (χ3v) is 1.78. The van der Waals surface area contributed by atoms with Gasteiger partial charge in [-0.2, -0.15) is 0 Å². The van der Waals surface area contributed by atoms with Gasteiger partial charge in [-0.15, -0.1) is 0 Å². The van der Waals surface area contributed by atoms with Crippen molar-refractivity contribution in [3.05, 3.63) is 30.1 Å². The Morgan fingerprint density at radius 3 is 3.08 bits per heavy atom. The first-order valence-electron chi connectivity index (χ1n) is 3.73. The van der Waals surface area contributed by atoms with Crippen LogP contribution in [-0.4, -0.2) is 21.0 Å². The normalized spacial score (nSPS) is 12.2. The Hall–Kier alpha value is -2.04. The van der Waals surface area contributed by atoms with Crippen LogP contribution in [0.15, 0.2) is 29.6 Å². The molecule has 0 spiro atoms. The molecule has 5 nitrogen and oxygen atoms in total. The van der Waals surface area contributed by atoms with Gasteiger partial charge in [0.15, 0.2) is 5.84 Å². The molecule has 0 bridgehead atoms. The highest BCUT2D eigenvalue weighted by Gasteiger charge is 2.02. The number of rotatable bonds is 1. The van der Waals surface area contributed by atoms with Crippen molar-refractivity contribution in [1.82, 2.24) is 9.97 Å². The number of fused-ring (bicyclic) bond motifs is 1. The van der Waals surface area contributed by atoms with Crippen molar-refractivity contribution >= 4 is 16.9 Å². The number of pyridine rings is 1. The Kier molecular flexibility index (Phi) is 1.63. The molecule has 2 aromatic heterocycles. The topological polar surface area (TPSA) is 87.3 Å². The number of aromatic nitrogens is 2. The van der Waals surface area contributed by atoms with Crippen molar-refractivity contribution < 1.29 is 5.21 Å². The molecule has 0 atom stereocenters. The van der Waals surface area contributed by atoms with Gasteiger partial charge in [0.1, 0.15) is 11.3 Å². The van der Waals surface area contributed by atoms with E-state index < -0.39 is 0 Å². The minimum atomic E-state index is 0.0106. The number of nitrogens with two attached hydrogens (primary N) is 1. The standard InChI is InChI=1S/C8H8N4O/c9-7(12-13)6-2-1-5-3-4-10-8(5)11-6/h1-4,13H,(H2,9,12)(H,10,11). The molecule has 66 valence electrons. The molecule has 0 amide bonds. The molecule has 2 rings (SSSR count). The number of aromatic amines is 1. The van der Waals surface area contributed by atoms with E-state index in [2.05, 4.69) is 15.1 Å². The fourth-order valence-electron chi connectivity index (χ4n) is 1.12. The number of amidine groups is 1. The molecule has 0 fully saturated rings. The molecule has 13 heavy (non-hydrogen) atoms. The maximum absolute atomic E-state index is 8.42. The first kappa shape index (κ1) is 7.60. The van der Waals surface area contributed by atoms with Gasteiger partial charge in [-0.05, 0) is 18.2 Å². The summed E-state index contributed by atoms with van der Waals surface area (Å²) in [4.78, 5) is 7.07. The van der Waals surface area contributed by atoms with E-state index in [1.165, 1.54) is 0 Å². The van der Waals surface area contributed by atoms with Crippen molar-refractivity contribution in [2.45, 2.75) is 0 Å². The van der Waals surface area contributed by atoms with Crippen molar-refractivity contribution in [1.29, 1.82) is 0 Å². The molecule has 0 aromatic carbocycles. The van der Waals surface area contributed by atoms with Crippen LogP contribution in [0.3, 0.4) is 0 Å². The second-order valence-electron chi connectivity index (χ2n) is 2.60. The predicted molar refractivity (Wildman–Crippen MR) is 48.6 cm³/mol. The lowest BCUT2D eigenvalue weighted by Gasteiger charge is -1.96. The van der Waals surface area contributed by atoms with E-state index in [4.69, 9.17) is 10.9 Å². The summed E-state index contributed by atoms with van der Waals surface area (Å²) in [6, 6.07) is 5.45. The van der Waals surface area contributed by atoms with Crippen molar-refractivity contribution in [2.24, 2.45) is 10.9 Å². The highest BCUT2D eigenvalue weighted by Crippen LogP contribution is 2.09. The van der Waals surface area contributed by atoms with E-state index in [0.29, 0.717) is 5.69 Å². The van der Waals surface area contributed by atoms with E-state index in [1.807, 2.05) is 12.1 Å². The Morgan fingerprint density at radius 2 is 2.31 bits per heavy atom. The van der Waals surface area contributed by atoms with Gasteiger partial charge < -0.3 is 15.9 Å². The lowest BCUT2D eigenvalue weighted by atomic mass is 10.3. The summed E-state index contributed by atoms with van der Waals surface area (Å²) in [5, 5.41) is 12.3. The van der Waals surface area contributed by atoms with Crippen LogP contribution < -0.4 is 5.73 Å². The fourth-order valence-corrected chi connectivity index (χ4v) is 1.12. The third kappa shape index (κ3) is 1.20. The summed E-state index contributed by atoms with van der Waals surface area (Å²) in [5.41, 5.74) is 6.56. The summed E-state index contributed by atoms with van der Waals surface area (Å²) in [7, 11) is 0. The van der Waals surface area contributed by atoms with Gasteiger partial charge in [0.25, 0.3) is 0 Å². The molecule has 0 unspecified atom stereocenters. The van der Waals surface area contributed by atoms with Crippen molar-refractivity contribution in [3.8, 4) is 0 Å². The van der Waals surface area contributed by atoms with Gasteiger partial charge >= 0.3 is 0 Å². The zero-order valence-corrected chi connectivity index (χ0v) is 6.73. The summed E-state index contributed by atoms with van der Waals surface area (Å²) in [5.74, 6) is 0.0106. The van der Waals surface area contributed by atoms with E-state index in [-0.39, 0.29) is 5.84 Å². The zero-order chi connectivity index (χ0) is 9.26. The first-order chi connectivity index (χ1) is 6.31. The van der Waals surface area contributed by atoms with E-state index in [0.717, 1.165) is 11.0 Å². The maximum atomic E-state index is 8.42. The lowest BCUT2D eigenvalue weighted by Crippen LogP contribution is -2.14. The van der Waals surface area contributed by atoms with Gasteiger partial charge in [-0.25, -0.2) is 4.98 Å². The molecule has 0 saturated heterocycles. The summed E-state index contributed by atoms with van der Waals surface area (Å²) < 4.78 is 0. The largest absolute Gasteiger partial charge is 0.409 e. The number of nitrogens with zero attached hydrogens (tertiary/aromatic N) is 2.